The van der Waals surface area contributed by atoms with Crippen LogP contribution >= 0.6 is 0 Å². The standard InChI is InChI=1S/C28H32N2O3/c1-21(2)29-28(32)26(18-22-10-6-4-7-11-22)30(20-24-12-8-5-9-13-24)27(31)19-23-14-16-25(33-3)17-15-23/h4-17,21,26H,18-20H2,1-3H3,(H,29,32)/t26-/m0/s1. The molecule has 0 aliphatic heterocycles. The second-order valence-corrected chi connectivity index (χ2v) is 8.40. The van der Waals surface area contributed by atoms with Crippen molar-refractivity contribution in [3.63, 3.8) is 0 Å². The number of nitrogens with zero attached hydrogens (tertiary/aromatic N) is 1. The second kappa shape index (κ2) is 11.9. The Morgan fingerprint density at radius 3 is 1.94 bits per heavy atom. The summed E-state index contributed by atoms with van der Waals surface area (Å²) in [5.74, 6) is 0.502. The van der Waals surface area contributed by atoms with E-state index in [0.717, 1.165) is 22.4 Å². The minimum atomic E-state index is -0.624. The molecule has 33 heavy (non-hydrogen) atoms. The maximum absolute atomic E-state index is 13.6. The van der Waals surface area contributed by atoms with E-state index in [0.29, 0.717) is 13.0 Å². The monoisotopic (exact) mass is 444 g/mol. The predicted molar refractivity (Wildman–Crippen MR) is 131 cm³/mol. The van der Waals surface area contributed by atoms with Gasteiger partial charge in [0.05, 0.1) is 13.5 Å². The van der Waals surface area contributed by atoms with Gasteiger partial charge >= 0.3 is 0 Å². The van der Waals surface area contributed by atoms with Gasteiger partial charge in [0.2, 0.25) is 11.8 Å². The first-order valence-electron chi connectivity index (χ1n) is 11.3. The molecule has 3 aromatic carbocycles. The number of nitrogens with one attached hydrogen (secondary N) is 1. The summed E-state index contributed by atoms with van der Waals surface area (Å²) in [6.45, 7) is 4.22. The normalized spacial score (nSPS) is 11.6. The van der Waals surface area contributed by atoms with Gasteiger partial charge < -0.3 is 15.0 Å². The maximum Gasteiger partial charge on any atom is 0.243 e. The molecule has 3 aromatic rings. The molecule has 0 aliphatic rings. The Morgan fingerprint density at radius 1 is 0.818 bits per heavy atom. The van der Waals surface area contributed by atoms with E-state index in [1.54, 1.807) is 12.0 Å². The molecule has 0 radical (unpaired) electrons. The first-order valence-corrected chi connectivity index (χ1v) is 11.3. The van der Waals surface area contributed by atoms with Gasteiger partial charge in [-0.1, -0.05) is 72.8 Å². The molecule has 0 fully saturated rings. The van der Waals surface area contributed by atoms with Gasteiger partial charge in [-0.15, -0.1) is 0 Å². The summed E-state index contributed by atoms with van der Waals surface area (Å²) in [5.41, 5.74) is 2.87. The summed E-state index contributed by atoms with van der Waals surface area (Å²) in [5, 5.41) is 3.01. The molecule has 0 aromatic heterocycles. The van der Waals surface area contributed by atoms with Gasteiger partial charge in [-0.2, -0.15) is 0 Å². The molecule has 2 amide bonds. The summed E-state index contributed by atoms with van der Waals surface area (Å²) < 4.78 is 5.23. The van der Waals surface area contributed by atoms with Crippen molar-refractivity contribution in [2.75, 3.05) is 7.11 Å². The number of carbonyl (C=O) groups is 2. The number of methoxy groups -OCH3 is 1. The zero-order chi connectivity index (χ0) is 23.6. The molecule has 3 rings (SSSR count). The van der Waals surface area contributed by atoms with Gasteiger partial charge in [0.15, 0.2) is 0 Å². The molecule has 0 aliphatic carbocycles. The van der Waals surface area contributed by atoms with E-state index in [1.807, 2.05) is 98.8 Å². The molecule has 1 atom stereocenters. The Labute approximate surface area is 196 Å². The molecule has 5 heteroatoms. The summed E-state index contributed by atoms with van der Waals surface area (Å²) >= 11 is 0. The lowest BCUT2D eigenvalue weighted by Crippen LogP contribution is -2.52. The van der Waals surface area contributed by atoms with E-state index >= 15 is 0 Å². The predicted octanol–water partition coefficient (Wildman–Crippen LogP) is 4.40. The molecular weight excluding hydrogens is 412 g/mol. The summed E-state index contributed by atoms with van der Waals surface area (Å²) in [6, 6.07) is 26.4. The fourth-order valence-corrected chi connectivity index (χ4v) is 3.73. The number of hydrogen-bond acceptors (Lipinski definition) is 3. The van der Waals surface area contributed by atoms with Crippen LogP contribution in [0.2, 0.25) is 0 Å². The van der Waals surface area contributed by atoms with Crippen molar-refractivity contribution in [2.45, 2.75) is 45.3 Å². The Bertz CT molecular complexity index is 1020. The van der Waals surface area contributed by atoms with Crippen LogP contribution in [0.3, 0.4) is 0 Å². The van der Waals surface area contributed by atoms with Crippen molar-refractivity contribution in [2.24, 2.45) is 0 Å². The number of carbonyl (C=O) groups excluding carboxylic acids is 2. The topological polar surface area (TPSA) is 58.6 Å². The van der Waals surface area contributed by atoms with Crippen molar-refractivity contribution in [3.05, 3.63) is 102 Å². The highest BCUT2D eigenvalue weighted by Crippen LogP contribution is 2.18. The lowest BCUT2D eigenvalue weighted by atomic mass is 10.0. The van der Waals surface area contributed by atoms with Gasteiger partial charge in [0, 0.05) is 19.0 Å². The van der Waals surface area contributed by atoms with Crippen molar-refractivity contribution in [1.82, 2.24) is 10.2 Å². The Hall–Kier alpha value is -3.60. The van der Waals surface area contributed by atoms with Crippen LogP contribution < -0.4 is 10.1 Å². The van der Waals surface area contributed by atoms with Crippen LogP contribution in [-0.2, 0) is 29.0 Å². The van der Waals surface area contributed by atoms with Crippen molar-refractivity contribution < 1.29 is 14.3 Å². The van der Waals surface area contributed by atoms with Crippen molar-refractivity contribution >= 4 is 11.8 Å². The molecule has 0 heterocycles. The van der Waals surface area contributed by atoms with Crippen LogP contribution in [0.15, 0.2) is 84.9 Å². The smallest absolute Gasteiger partial charge is 0.243 e. The average Bonchev–Trinajstić information content (AvgIpc) is 2.82. The first kappa shape index (κ1) is 24.1. The molecule has 5 nitrogen and oxygen atoms in total. The summed E-state index contributed by atoms with van der Waals surface area (Å²) in [6.07, 6.45) is 0.650. The molecule has 172 valence electrons. The highest BCUT2D eigenvalue weighted by Gasteiger charge is 2.30. The van der Waals surface area contributed by atoms with E-state index in [4.69, 9.17) is 4.74 Å². The van der Waals surface area contributed by atoms with Gasteiger partial charge in [0.1, 0.15) is 11.8 Å². The van der Waals surface area contributed by atoms with E-state index in [1.165, 1.54) is 0 Å². The van der Waals surface area contributed by atoms with Crippen LogP contribution in [0.5, 0.6) is 5.75 Å². The number of benzene rings is 3. The van der Waals surface area contributed by atoms with E-state index < -0.39 is 6.04 Å². The Kier molecular flexibility index (Phi) is 8.64. The average molecular weight is 445 g/mol. The van der Waals surface area contributed by atoms with Crippen LogP contribution in [0.25, 0.3) is 0 Å². The minimum Gasteiger partial charge on any atom is -0.497 e. The lowest BCUT2D eigenvalue weighted by molar-refractivity contribution is -0.141. The Morgan fingerprint density at radius 2 is 1.39 bits per heavy atom. The van der Waals surface area contributed by atoms with E-state index in [9.17, 15) is 9.59 Å². The summed E-state index contributed by atoms with van der Waals surface area (Å²) in [4.78, 5) is 28.6. The van der Waals surface area contributed by atoms with Crippen LogP contribution in [0, 0.1) is 0 Å². The number of hydrogen-bond donors (Lipinski definition) is 1. The molecular formula is C28H32N2O3. The minimum absolute atomic E-state index is 0.0222. The molecule has 0 spiro atoms. The largest absolute Gasteiger partial charge is 0.497 e. The lowest BCUT2D eigenvalue weighted by Gasteiger charge is -2.32. The number of amides is 2. The van der Waals surface area contributed by atoms with Crippen molar-refractivity contribution in [3.8, 4) is 5.75 Å². The van der Waals surface area contributed by atoms with Crippen LogP contribution in [-0.4, -0.2) is 35.9 Å². The Balaban J connectivity index is 1.92. The highest BCUT2D eigenvalue weighted by atomic mass is 16.5. The third kappa shape index (κ3) is 7.21. The highest BCUT2D eigenvalue weighted by molar-refractivity contribution is 5.89. The SMILES string of the molecule is COc1ccc(CC(=O)N(Cc2ccccc2)[C@@H](Cc2ccccc2)C(=O)NC(C)C)cc1. The first-order chi connectivity index (χ1) is 16.0. The van der Waals surface area contributed by atoms with Gasteiger partial charge in [-0.25, -0.2) is 0 Å². The van der Waals surface area contributed by atoms with Gasteiger partial charge in [0.25, 0.3) is 0 Å². The van der Waals surface area contributed by atoms with Gasteiger partial charge in [-0.3, -0.25) is 9.59 Å². The zero-order valence-electron chi connectivity index (χ0n) is 19.5. The molecule has 0 saturated heterocycles. The van der Waals surface area contributed by atoms with Crippen LogP contribution in [0.4, 0.5) is 0 Å². The summed E-state index contributed by atoms with van der Waals surface area (Å²) in [7, 11) is 1.61. The van der Waals surface area contributed by atoms with Crippen molar-refractivity contribution in [1.29, 1.82) is 0 Å². The quantitative estimate of drug-likeness (QED) is 0.504. The maximum atomic E-state index is 13.6. The molecule has 0 bridgehead atoms. The third-order valence-electron chi connectivity index (χ3n) is 5.41. The molecule has 0 unspecified atom stereocenters. The number of rotatable bonds is 10. The zero-order valence-corrected chi connectivity index (χ0v) is 19.5. The van der Waals surface area contributed by atoms with E-state index in [2.05, 4.69) is 5.32 Å². The van der Waals surface area contributed by atoms with Gasteiger partial charge in [-0.05, 0) is 42.7 Å². The fourth-order valence-electron chi connectivity index (χ4n) is 3.73. The van der Waals surface area contributed by atoms with Crippen LogP contribution in [0.1, 0.15) is 30.5 Å². The second-order valence-electron chi connectivity index (χ2n) is 8.40. The molecule has 1 N–H and O–H groups in total. The fraction of sp³-hybridized carbons (Fsp3) is 0.286. The van der Waals surface area contributed by atoms with E-state index in [-0.39, 0.29) is 24.3 Å². The molecule has 0 saturated carbocycles. The number of ether oxygens (including phenoxy) is 1. The third-order valence-corrected chi connectivity index (χ3v) is 5.41.